The Hall–Kier alpha value is -2.63. The molecule has 11 heteroatoms. The van der Waals surface area contributed by atoms with Gasteiger partial charge in [0.1, 0.15) is 12.2 Å². The first-order valence-corrected chi connectivity index (χ1v) is 8.08. The van der Waals surface area contributed by atoms with Crippen LogP contribution < -0.4 is 5.32 Å². The molecule has 0 bridgehead atoms. The molecule has 2 aromatic heterocycles. The Labute approximate surface area is 148 Å². The third kappa shape index (κ3) is 5.18. The summed E-state index contributed by atoms with van der Waals surface area (Å²) in [5, 5.41) is 49.6. The first-order chi connectivity index (χ1) is 12.4. The molecule has 2 rings (SSSR count). The molecule has 0 aliphatic heterocycles. The minimum absolute atomic E-state index is 0.0305. The van der Waals surface area contributed by atoms with Gasteiger partial charge in [0, 0.05) is 13.0 Å². The zero-order valence-corrected chi connectivity index (χ0v) is 13.9. The maximum atomic E-state index is 10.4. The van der Waals surface area contributed by atoms with Gasteiger partial charge in [0.05, 0.1) is 18.5 Å². The van der Waals surface area contributed by atoms with Crippen LogP contribution in [0, 0.1) is 0 Å². The number of anilines is 1. The second-order valence-electron chi connectivity index (χ2n) is 5.66. The van der Waals surface area contributed by atoms with Crippen LogP contribution in [0.2, 0.25) is 0 Å². The van der Waals surface area contributed by atoms with E-state index in [-0.39, 0.29) is 29.2 Å². The molecule has 0 amide bonds. The molecule has 0 aliphatic carbocycles. The van der Waals surface area contributed by atoms with Crippen molar-refractivity contribution in [3.63, 3.8) is 0 Å². The van der Waals surface area contributed by atoms with E-state index >= 15 is 0 Å². The molecule has 2 unspecified atom stereocenters. The molecule has 6 N–H and O–H groups in total. The molecule has 26 heavy (non-hydrogen) atoms. The molecule has 0 aromatic carbocycles. The van der Waals surface area contributed by atoms with Gasteiger partial charge in [0.25, 0.3) is 0 Å². The van der Waals surface area contributed by atoms with Crippen molar-refractivity contribution in [2.75, 3.05) is 18.5 Å². The summed E-state index contributed by atoms with van der Waals surface area (Å²) in [5.41, 5.74) is 0.0242. The van der Waals surface area contributed by atoms with Gasteiger partial charge >= 0.3 is 5.97 Å². The number of hydrogen-bond donors (Lipinski definition) is 6. The number of aromatic nitrogens is 4. The lowest BCUT2D eigenvalue weighted by Gasteiger charge is -2.15. The van der Waals surface area contributed by atoms with Crippen molar-refractivity contribution in [1.29, 1.82) is 0 Å². The summed E-state index contributed by atoms with van der Waals surface area (Å²) in [6, 6.07) is 0. The molecule has 0 fully saturated rings. The molecular formula is C15H21N5O6. The van der Waals surface area contributed by atoms with E-state index in [1.54, 1.807) is 0 Å². The number of rotatable bonds is 10. The number of unbranched alkanes of at least 4 members (excludes halogenated alkanes) is 2. The number of carboxylic acid groups (broad SMARTS) is 1. The van der Waals surface area contributed by atoms with E-state index in [2.05, 4.69) is 25.3 Å². The summed E-state index contributed by atoms with van der Waals surface area (Å²) in [4.78, 5) is 26.3. The first-order valence-electron chi connectivity index (χ1n) is 8.08. The van der Waals surface area contributed by atoms with E-state index in [9.17, 15) is 20.1 Å². The molecule has 142 valence electrons. The van der Waals surface area contributed by atoms with Gasteiger partial charge in [0.15, 0.2) is 11.2 Å². The largest absolute Gasteiger partial charge is 0.492 e. The smallest absolute Gasteiger partial charge is 0.303 e. The third-order valence-electron chi connectivity index (χ3n) is 3.61. The molecule has 2 aromatic rings. The Bertz CT molecular complexity index is 759. The van der Waals surface area contributed by atoms with Crippen LogP contribution in [0.3, 0.4) is 0 Å². The van der Waals surface area contributed by atoms with Gasteiger partial charge < -0.3 is 30.8 Å². The Morgan fingerprint density at radius 1 is 1.15 bits per heavy atom. The minimum Gasteiger partial charge on any atom is -0.492 e. The van der Waals surface area contributed by atoms with Gasteiger partial charge in [-0.1, -0.05) is 6.42 Å². The molecule has 0 spiro atoms. The van der Waals surface area contributed by atoms with E-state index in [1.807, 2.05) is 0 Å². The molecule has 0 aliphatic rings. The maximum Gasteiger partial charge on any atom is 0.303 e. The lowest BCUT2D eigenvalue weighted by atomic mass is 10.1. The summed E-state index contributed by atoms with van der Waals surface area (Å²) in [5.74, 6) is -1.12. The molecule has 0 saturated carbocycles. The average molecular weight is 367 g/mol. The lowest BCUT2D eigenvalue weighted by molar-refractivity contribution is -0.137. The summed E-state index contributed by atoms with van der Waals surface area (Å²) >= 11 is 0. The van der Waals surface area contributed by atoms with Crippen LogP contribution in [-0.4, -0.2) is 70.7 Å². The van der Waals surface area contributed by atoms with E-state index < -0.39 is 30.7 Å². The minimum atomic E-state index is -1.46. The summed E-state index contributed by atoms with van der Waals surface area (Å²) in [6.45, 7) is -0.157. The second-order valence-corrected chi connectivity index (χ2v) is 5.66. The number of hydrogen-bond acceptors (Lipinski definition) is 10. The van der Waals surface area contributed by atoms with Gasteiger partial charge in [-0.2, -0.15) is 9.97 Å². The number of fused-ring (bicyclic) bond motifs is 1. The molecule has 2 atom stereocenters. The zero-order valence-electron chi connectivity index (χ0n) is 13.9. The number of carboxylic acids is 1. The number of carbonyl (C=O) groups is 1. The standard InChI is InChI=1S/C15H21N5O6/c21-7-9(22)12(25)8-6-17-13-11(18-8)14(26)20-15(19-13)16-5-3-1-2-4-10(23)24/h6,9,12,21-22,25H,1-5,7H2,(H,23,24)(H2,16,17,19,20,26). The van der Waals surface area contributed by atoms with Crippen LogP contribution in [0.15, 0.2) is 6.20 Å². The Morgan fingerprint density at radius 2 is 1.92 bits per heavy atom. The van der Waals surface area contributed by atoms with Crippen LogP contribution in [0.4, 0.5) is 5.95 Å². The first kappa shape index (κ1) is 19.7. The van der Waals surface area contributed by atoms with Gasteiger partial charge in [-0.15, -0.1) is 0 Å². The van der Waals surface area contributed by atoms with Crippen molar-refractivity contribution in [1.82, 2.24) is 19.9 Å². The van der Waals surface area contributed by atoms with E-state index in [0.717, 1.165) is 6.42 Å². The number of aliphatic carboxylic acids is 1. The highest BCUT2D eigenvalue weighted by atomic mass is 16.4. The van der Waals surface area contributed by atoms with Crippen molar-refractivity contribution in [2.24, 2.45) is 0 Å². The van der Waals surface area contributed by atoms with Gasteiger partial charge in [-0.25, -0.2) is 9.97 Å². The Kier molecular flexibility index (Phi) is 6.95. The number of nitrogens with one attached hydrogen (secondary N) is 1. The topological polar surface area (TPSA) is 182 Å². The van der Waals surface area contributed by atoms with E-state index in [0.29, 0.717) is 19.4 Å². The van der Waals surface area contributed by atoms with Crippen molar-refractivity contribution in [3.8, 4) is 5.88 Å². The fourth-order valence-corrected chi connectivity index (χ4v) is 2.20. The van der Waals surface area contributed by atoms with Crippen molar-refractivity contribution >= 4 is 23.1 Å². The molecule has 11 nitrogen and oxygen atoms in total. The lowest BCUT2D eigenvalue weighted by Crippen LogP contribution is -2.23. The third-order valence-corrected chi connectivity index (χ3v) is 3.61. The fraction of sp³-hybridized carbons (Fsp3) is 0.533. The van der Waals surface area contributed by atoms with Crippen LogP contribution in [-0.2, 0) is 4.79 Å². The predicted molar refractivity (Wildman–Crippen MR) is 89.4 cm³/mol. The van der Waals surface area contributed by atoms with Crippen molar-refractivity contribution in [3.05, 3.63) is 11.9 Å². The van der Waals surface area contributed by atoms with E-state index in [4.69, 9.17) is 10.2 Å². The molecule has 0 radical (unpaired) electrons. The second kappa shape index (κ2) is 9.17. The van der Waals surface area contributed by atoms with Crippen LogP contribution in [0.1, 0.15) is 37.5 Å². The van der Waals surface area contributed by atoms with Gasteiger partial charge in [-0.05, 0) is 12.8 Å². The van der Waals surface area contributed by atoms with Crippen molar-refractivity contribution < 1.29 is 30.3 Å². The Morgan fingerprint density at radius 3 is 2.62 bits per heavy atom. The number of aliphatic hydroxyl groups is 3. The predicted octanol–water partition coefficient (Wildman–Crippen LogP) is -0.431. The molecular weight excluding hydrogens is 346 g/mol. The highest BCUT2D eigenvalue weighted by molar-refractivity contribution is 5.76. The normalized spacial score (nSPS) is 13.5. The summed E-state index contributed by atoms with van der Waals surface area (Å²) in [6.07, 6.45) is 0.456. The van der Waals surface area contributed by atoms with Gasteiger partial charge in [0.2, 0.25) is 11.8 Å². The molecule has 2 heterocycles. The summed E-state index contributed by atoms with van der Waals surface area (Å²) < 4.78 is 0. The highest BCUT2D eigenvalue weighted by Gasteiger charge is 2.21. The number of aliphatic hydroxyl groups excluding tert-OH is 3. The zero-order chi connectivity index (χ0) is 19.1. The van der Waals surface area contributed by atoms with Crippen LogP contribution >= 0.6 is 0 Å². The molecule has 0 saturated heterocycles. The van der Waals surface area contributed by atoms with Crippen LogP contribution in [0.25, 0.3) is 11.2 Å². The average Bonchev–Trinajstić information content (AvgIpc) is 2.62. The van der Waals surface area contributed by atoms with E-state index in [1.165, 1.54) is 6.20 Å². The maximum absolute atomic E-state index is 10.4. The summed E-state index contributed by atoms with van der Waals surface area (Å²) in [7, 11) is 0. The van der Waals surface area contributed by atoms with Crippen LogP contribution in [0.5, 0.6) is 5.88 Å². The Balaban J connectivity index is 2.02. The fourth-order valence-electron chi connectivity index (χ4n) is 2.20. The number of aromatic hydroxyl groups is 1. The quantitative estimate of drug-likeness (QED) is 0.300. The number of nitrogens with zero attached hydrogens (tertiary/aromatic N) is 4. The highest BCUT2D eigenvalue weighted by Crippen LogP contribution is 2.22. The monoisotopic (exact) mass is 367 g/mol. The van der Waals surface area contributed by atoms with Gasteiger partial charge in [-0.3, -0.25) is 4.79 Å². The SMILES string of the molecule is O=C(O)CCCCCNc1nc(O)c2nc(C(O)C(O)CO)cnc2n1. The van der Waals surface area contributed by atoms with Crippen molar-refractivity contribution in [2.45, 2.75) is 37.9 Å².